The summed E-state index contributed by atoms with van der Waals surface area (Å²) < 4.78 is 5.89. The number of benzene rings is 1. The van der Waals surface area contributed by atoms with Crippen LogP contribution < -0.4 is 4.90 Å². The molecule has 2 saturated heterocycles. The van der Waals surface area contributed by atoms with Crippen molar-refractivity contribution in [1.29, 1.82) is 0 Å². The lowest BCUT2D eigenvalue weighted by Crippen LogP contribution is -2.53. The molecule has 2 aliphatic rings. The fraction of sp³-hybridized carbons (Fsp3) is 0.435. The fourth-order valence-corrected chi connectivity index (χ4v) is 4.22. The molecule has 2 amide bonds. The third-order valence-electron chi connectivity index (χ3n) is 6.09. The van der Waals surface area contributed by atoms with E-state index in [9.17, 15) is 4.79 Å². The van der Waals surface area contributed by atoms with E-state index in [2.05, 4.69) is 20.1 Å². The maximum Gasteiger partial charge on any atom is 0.320 e. The first-order valence-electron chi connectivity index (χ1n) is 11.2. The molecule has 2 aromatic heterocycles. The molecule has 0 radical (unpaired) electrons. The molecular weight excluding hydrogens is 406 g/mol. The van der Waals surface area contributed by atoms with E-state index in [4.69, 9.17) is 9.40 Å². The Morgan fingerprint density at radius 2 is 1.56 bits per heavy atom. The van der Waals surface area contributed by atoms with Crippen LogP contribution in [0, 0.1) is 6.92 Å². The molecule has 3 aromatic rings. The summed E-state index contributed by atoms with van der Waals surface area (Å²) in [6.45, 7) is 6.43. The first-order valence-corrected chi connectivity index (χ1v) is 11.2. The van der Waals surface area contributed by atoms with Crippen molar-refractivity contribution in [3.63, 3.8) is 0 Å². The Morgan fingerprint density at radius 1 is 0.875 bits per heavy atom. The van der Waals surface area contributed by atoms with Crippen molar-refractivity contribution >= 4 is 11.8 Å². The van der Waals surface area contributed by atoms with Gasteiger partial charge in [0.25, 0.3) is 5.89 Å². The number of piperazine rings is 1. The number of piperidine rings is 1. The summed E-state index contributed by atoms with van der Waals surface area (Å²) >= 11 is 0. The van der Waals surface area contributed by atoms with Crippen molar-refractivity contribution < 1.29 is 9.21 Å². The van der Waals surface area contributed by atoms with Crippen LogP contribution in [0.3, 0.4) is 0 Å². The van der Waals surface area contributed by atoms with Crippen molar-refractivity contribution in [3.8, 4) is 23.0 Å². The minimum Gasteiger partial charge on any atom is -0.415 e. The van der Waals surface area contributed by atoms with Gasteiger partial charge in [-0.15, -0.1) is 10.2 Å². The van der Waals surface area contributed by atoms with Crippen molar-refractivity contribution in [2.45, 2.75) is 26.2 Å². The molecule has 2 fully saturated rings. The van der Waals surface area contributed by atoms with Gasteiger partial charge in [-0.2, -0.15) is 0 Å². The Labute approximate surface area is 187 Å². The van der Waals surface area contributed by atoms with Crippen LogP contribution in [0.4, 0.5) is 10.6 Å². The molecule has 9 nitrogen and oxygen atoms in total. The summed E-state index contributed by atoms with van der Waals surface area (Å²) in [6.07, 6.45) is 5.21. The average Bonchev–Trinajstić information content (AvgIpc) is 3.35. The quantitative estimate of drug-likeness (QED) is 0.626. The molecule has 166 valence electrons. The van der Waals surface area contributed by atoms with Gasteiger partial charge >= 0.3 is 6.03 Å². The molecule has 0 atom stereocenters. The van der Waals surface area contributed by atoms with Gasteiger partial charge in [-0.3, -0.25) is 4.98 Å². The van der Waals surface area contributed by atoms with E-state index in [1.54, 1.807) is 6.20 Å². The summed E-state index contributed by atoms with van der Waals surface area (Å²) in [4.78, 5) is 28.2. The number of anilines is 1. The van der Waals surface area contributed by atoms with E-state index >= 15 is 0 Å². The zero-order chi connectivity index (χ0) is 21.9. The highest BCUT2D eigenvalue weighted by Gasteiger charge is 2.27. The summed E-state index contributed by atoms with van der Waals surface area (Å²) in [5, 5.41) is 8.37. The number of aromatic nitrogens is 4. The zero-order valence-electron chi connectivity index (χ0n) is 18.3. The van der Waals surface area contributed by atoms with E-state index in [-0.39, 0.29) is 6.03 Å². The van der Waals surface area contributed by atoms with Crippen LogP contribution in [0.25, 0.3) is 23.0 Å². The second-order valence-corrected chi connectivity index (χ2v) is 8.24. The third kappa shape index (κ3) is 4.15. The molecule has 0 aliphatic carbocycles. The SMILES string of the molecule is Cc1ncc(N2CCN(C(=O)N3CCCCC3)CC2)nc1-c1nnc(-c2ccccc2)o1. The van der Waals surface area contributed by atoms with Gasteiger partial charge in [0.1, 0.15) is 5.82 Å². The molecule has 4 heterocycles. The molecule has 0 unspecified atom stereocenters. The van der Waals surface area contributed by atoms with Gasteiger partial charge in [0.05, 0.1) is 11.9 Å². The van der Waals surface area contributed by atoms with Crippen molar-refractivity contribution in [2.75, 3.05) is 44.2 Å². The summed E-state index contributed by atoms with van der Waals surface area (Å²) in [6, 6.07) is 9.83. The fourth-order valence-electron chi connectivity index (χ4n) is 4.22. The summed E-state index contributed by atoms with van der Waals surface area (Å²) in [5.74, 6) is 1.57. The van der Waals surface area contributed by atoms with E-state index in [0.717, 1.165) is 56.1 Å². The highest BCUT2D eigenvalue weighted by Crippen LogP contribution is 2.26. The van der Waals surface area contributed by atoms with Crippen LogP contribution in [0.5, 0.6) is 0 Å². The maximum absolute atomic E-state index is 12.8. The predicted molar refractivity (Wildman–Crippen MR) is 120 cm³/mol. The van der Waals surface area contributed by atoms with Gasteiger partial charge < -0.3 is 19.1 Å². The Hall–Kier alpha value is -3.49. The standard InChI is InChI=1S/C23H27N7O2/c1-17-20(22-27-26-21(32-22)18-8-4-2-5-9-18)25-19(16-24-17)28-12-14-30(15-13-28)23(31)29-10-6-3-7-11-29/h2,4-5,8-9,16H,3,6-7,10-15H2,1H3. The van der Waals surface area contributed by atoms with Crippen LogP contribution in [0.1, 0.15) is 25.0 Å². The van der Waals surface area contributed by atoms with Crippen LogP contribution in [0.2, 0.25) is 0 Å². The number of likely N-dealkylation sites (tertiary alicyclic amines) is 1. The van der Waals surface area contributed by atoms with Gasteiger partial charge in [0.15, 0.2) is 5.69 Å². The van der Waals surface area contributed by atoms with E-state index in [1.807, 2.05) is 47.1 Å². The molecule has 1 aromatic carbocycles. The second-order valence-electron chi connectivity index (χ2n) is 8.24. The lowest BCUT2D eigenvalue weighted by atomic mass is 10.1. The van der Waals surface area contributed by atoms with Crippen molar-refractivity contribution in [2.24, 2.45) is 0 Å². The molecule has 0 saturated carbocycles. The monoisotopic (exact) mass is 433 g/mol. The number of nitrogens with zero attached hydrogens (tertiary/aromatic N) is 7. The molecule has 0 spiro atoms. The lowest BCUT2D eigenvalue weighted by molar-refractivity contribution is 0.141. The number of hydrogen-bond donors (Lipinski definition) is 0. The predicted octanol–water partition coefficient (Wildman–Crippen LogP) is 3.23. The first-order chi connectivity index (χ1) is 15.7. The Bertz CT molecular complexity index is 1070. The average molecular weight is 434 g/mol. The second kappa shape index (κ2) is 8.94. The number of aryl methyl sites for hydroxylation is 1. The maximum atomic E-state index is 12.8. The zero-order valence-corrected chi connectivity index (χ0v) is 18.3. The van der Waals surface area contributed by atoms with Gasteiger partial charge in [0.2, 0.25) is 5.89 Å². The van der Waals surface area contributed by atoms with Crippen LogP contribution >= 0.6 is 0 Å². The molecule has 0 N–H and O–H groups in total. The number of urea groups is 1. The van der Waals surface area contributed by atoms with Gasteiger partial charge in [-0.05, 0) is 38.3 Å². The molecule has 32 heavy (non-hydrogen) atoms. The Morgan fingerprint density at radius 3 is 2.31 bits per heavy atom. The lowest BCUT2D eigenvalue weighted by Gasteiger charge is -2.39. The number of carbonyl (C=O) groups excluding carboxylic acids is 1. The van der Waals surface area contributed by atoms with Crippen molar-refractivity contribution in [1.82, 2.24) is 30.0 Å². The Balaban J connectivity index is 1.29. The molecule has 5 rings (SSSR count). The number of amides is 2. The summed E-state index contributed by atoms with van der Waals surface area (Å²) in [5.41, 5.74) is 2.18. The van der Waals surface area contributed by atoms with E-state index in [0.29, 0.717) is 30.6 Å². The van der Waals surface area contributed by atoms with Crippen LogP contribution in [0.15, 0.2) is 40.9 Å². The topological polar surface area (TPSA) is 91.5 Å². The number of hydrogen-bond acceptors (Lipinski definition) is 7. The minimum absolute atomic E-state index is 0.166. The van der Waals surface area contributed by atoms with E-state index < -0.39 is 0 Å². The first kappa shape index (κ1) is 20.4. The minimum atomic E-state index is 0.166. The normalized spacial score (nSPS) is 17.0. The highest BCUT2D eigenvalue weighted by atomic mass is 16.4. The van der Waals surface area contributed by atoms with Gasteiger partial charge in [0, 0.05) is 44.8 Å². The van der Waals surface area contributed by atoms with Gasteiger partial charge in [-0.25, -0.2) is 9.78 Å². The molecule has 9 heteroatoms. The van der Waals surface area contributed by atoms with Crippen LogP contribution in [-0.2, 0) is 0 Å². The molecular formula is C23H27N7O2. The number of carbonyl (C=O) groups is 1. The van der Waals surface area contributed by atoms with Crippen molar-refractivity contribution in [3.05, 3.63) is 42.2 Å². The van der Waals surface area contributed by atoms with Gasteiger partial charge in [-0.1, -0.05) is 18.2 Å². The van der Waals surface area contributed by atoms with Crippen LogP contribution in [-0.4, -0.2) is 75.3 Å². The summed E-state index contributed by atoms with van der Waals surface area (Å²) in [7, 11) is 0. The Kier molecular flexibility index (Phi) is 5.70. The largest absolute Gasteiger partial charge is 0.415 e. The number of rotatable bonds is 3. The molecule has 0 bridgehead atoms. The molecule has 2 aliphatic heterocycles. The smallest absolute Gasteiger partial charge is 0.320 e. The highest BCUT2D eigenvalue weighted by molar-refractivity contribution is 5.75. The van der Waals surface area contributed by atoms with E-state index in [1.165, 1.54) is 6.42 Å². The third-order valence-corrected chi connectivity index (χ3v) is 6.09.